The van der Waals surface area contributed by atoms with E-state index < -0.39 is 8.07 Å². The van der Waals surface area contributed by atoms with Crippen molar-refractivity contribution in [3.63, 3.8) is 0 Å². The quantitative estimate of drug-likeness (QED) is 0.178. The molecule has 8 aromatic rings. The van der Waals surface area contributed by atoms with Crippen LogP contribution in [-0.4, -0.2) is 15.4 Å². The maximum absolute atomic E-state index is 3.92. The third-order valence-electron chi connectivity index (χ3n) is 12.4. The van der Waals surface area contributed by atoms with Gasteiger partial charge in [-0.25, -0.2) is 0 Å². The van der Waals surface area contributed by atoms with Crippen LogP contribution < -0.4 is 31.5 Å². The molecule has 0 unspecified atom stereocenters. The second kappa shape index (κ2) is 12.8. The third kappa shape index (κ3) is 5.31. The van der Waals surface area contributed by atoms with E-state index in [-0.39, 0.29) is 0 Å². The van der Waals surface area contributed by atoms with E-state index in [0.29, 0.717) is 0 Å². The minimum Gasteiger partial charge on any atom is -0.355 e. The highest BCUT2D eigenvalue weighted by molar-refractivity contribution is 7.03. The fourth-order valence-corrected chi connectivity index (χ4v) is 12.4. The van der Waals surface area contributed by atoms with Gasteiger partial charge in [0.1, 0.15) is 8.07 Å². The lowest BCUT2D eigenvalue weighted by Crippen LogP contribution is -2.62. The first-order chi connectivity index (χ1) is 26.8. The summed E-state index contributed by atoms with van der Waals surface area (Å²) in [5.74, 6) is 0. The predicted molar refractivity (Wildman–Crippen MR) is 242 cm³/mol. The summed E-state index contributed by atoms with van der Waals surface area (Å²) in [6.07, 6.45) is 0. The van der Waals surface area contributed by atoms with Crippen LogP contribution in [0.1, 0.15) is 16.7 Å². The summed E-state index contributed by atoms with van der Waals surface area (Å²) in [7, 11) is -1.08. The fraction of sp³-hybridized carbons (Fsp3) is 0.0980. The number of hydrogen-bond donors (Lipinski definition) is 1. The molecule has 0 aromatic heterocycles. The van der Waals surface area contributed by atoms with Crippen molar-refractivity contribution < 1.29 is 0 Å². The SMILES string of the molecule is Cc1ccc(C)c(-c2cc(-c3c(Nc4ccc(-c5ccccc5)cc4)ccc4ccccc34)c3c(c2)N2c4ccccc4[Si](C)(C)c4cccc(c42)B3)c1C. The molecule has 264 valence electrons. The zero-order valence-electron chi connectivity index (χ0n) is 32.2. The molecule has 0 radical (unpaired) electrons. The van der Waals surface area contributed by atoms with Crippen LogP contribution in [0.2, 0.25) is 13.1 Å². The van der Waals surface area contributed by atoms with E-state index in [1.54, 1.807) is 0 Å². The fourth-order valence-electron chi connectivity index (χ4n) is 9.41. The Labute approximate surface area is 326 Å². The molecule has 0 saturated heterocycles. The first-order valence-electron chi connectivity index (χ1n) is 19.5. The average Bonchev–Trinajstić information content (AvgIpc) is 3.21. The number of rotatable bonds is 5. The lowest BCUT2D eigenvalue weighted by atomic mass is 9.57. The average molecular weight is 723 g/mol. The number of benzene rings is 8. The van der Waals surface area contributed by atoms with Gasteiger partial charge in [-0.3, -0.25) is 0 Å². The summed E-state index contributed by atoms with van der Waals surface area (Å²) in [5, 5.41) is 9.42. The number of nitrogens with zero attached hydrogens (tertiary/aromatic N) is 1. The van der Waals surface area contributed by atoms with Crippen molar-refractivity contribution in [3.8, 4) is 33.4 Å². The maximum atomic E-state index is 3.92. The molecule has 4 heteroatoms. The zero-order chi connectivity index (χ0) is 37.4. The Morgan fingerprint density at radius 3 is 2.09 bits per heavy atom. The standard InChI is InChI=1S/C51H43BN2Si/c1-32-22-23-33(2)48(34(32)3)38-30-41(50-45(31-38)54-44-19-11-12-20-46(44)55(4,5)47-21-13-18-42(52-50)51(47)54)49-40-17-10-9-16-37(40)26-29-43(49)53-39-27-24-36(25-28-39)35-14-7-6-8-15-35/h6-31,52-53H,1-5H3. The van der Waals surface area contributed by atoms with Crippen LogP contribution >= 0.6 is 0 Å². The van der Waals surface area contributed by atoms with Gasteiger partial charge in [-0.1, -0.05) is 140 Å². The van der Waals surface area contributed by atoms with E-state index in [9.17, 15) is 0 Å². The van der Waals surface area contributed by atoms with Crippen molar-refractivity contribution in [2.24, 2.45) is 0 Å². The largest absolute Gasteiger partial charge is 0.355 e. The van der Waals surface area contributed by atoms with Gasteiger partial charge in [0.15, 0.2) is 7.28 Å². The number of fused-ring (bicyclic) bond motifs is 5. The van der Waals surface area contributed by atoms with Gasteiger partial charge in [0.2, 0.25) is 0 Å². The van der Waals surface area contributed by atoms with Gasteiger partial charge in [0, 0.05) is 34.0 Å². The van der Waals surface area contributed by atoms with E-state index in [0.717, 1.165) is 18.7 Å². The summed E-state index contributed by atoms with van der Waals surface area (Å²) in [4.78, 5) is 2.63. The van der Waals surface area contributed by atoms with E-state index in [2.05, 4.69) is 202 Å². The monoisotopic (exact) mass is 722 g/mol. The minimum atomic E-state index is -1.96. The number of anilines is 5. The van der Waals surface area contributed by atoms with Crippen molar-refractivity contribution >= 4 is 75.9 Å². The molecule has 2 aliphatic rings. The molecule has 2 nitrogen and oxygen atoms in total. The Balaban J connectivity index is 1.25. The van der Waals surface area contributed by atoms with Crippen LogP contribution in [-0.2, 0) is 0 Å². The van der Waals surface area contributed by atoms with Crippen molar-refractivity contribution in [2.75, 3.05) is 10.2 Å². The molecule has 0 saturated carbocycles. The number of para-hydroxylation sites is 2. The van der Waals surface area contributed by atoms with Crippen LogP contribution in [0.15, 0.2) is 158 Å². The third-order valence-corrected chi connectivity index (χ3v) is 15.9. The van der Waals surface area contributed by atoms with Gasteiger partial charge in [-0.2, -0.15) is 0 Å². The Kier molecular flexibility index (Phi) is 7.76. The van der Waals surface area contributed by atoms with E-state index in [1.165, 1.54) is 99.2 Å². The van der Waals surface area contributed by atoms with Crippen molar-refractivity contribution in [3.05, 3.63) is 174 Å². The lowest BCUT2D eigenvalue weighted by Gasteiger charge is -2.45. The predicted octanol–water partition coefficient (Wildman–Crippen LogP) is 10.8. The molecule has 0 spiro atoms. The molecule has 0 fully saturated rings. The molecular formula is C51H43BN2Si. The Hall–Kier alpha value is -6.10. The second-order valence-corrected chi connectivity index (χ2v) is 20.3. The molecule has 0 atom stereocenters. The summed E-state index contributed by atoms with van der Waals surface area (Å²) in [5.41, 5.74) is 20.5. The zero-order valence-corrected chi connectivity index (χ0v) is 33.2. The molecular weight excluding hydrogens is 679 g/mol. The second-order valence-electron chi connectivity index (χ2n) is 16.0. The van der Waals surface area contributed by atoms with Gasteiger partial charge < -0.3 is 10.2 Å². The molecule has 2 aliphatic heterocycles. The molecule has 2 heterocycles. The first-order valence-corrected chi connectivity index (χ1v) is 22.5. The Bertz CT molecular complexity index is 2820. The normalized spacial score (nSPS) is 13.4. The Morgan fingerprint density at radius 1 is 0.545 bits per heavy atom. The van der Waals surface area contributed by atoms with Gasteiger partial charge >= 0.3 is 0 Å². The molecule has 0 amide bonds. The van der Waals surface area contributed by atoms with Crippen molar-refractivity contribution in [1.82, 2.24) is 0 Å². The summed E-state index contributed by atoms with van der Waals surface area (Å²) in [6.45, 7) is 11.8. The highest BCUT2D eigenvalue weighted by atomic mass is 28.3. The van der Waals surface area contributed by atoms with E-state index >= 15 is 0 Å². The van der Waals surface area contributed by atoms with Gasteiger partial charge in [-0.15, -0.1) is 0 Å². The molecule has 1 N–H and O–H groups in total. The highest BCUT2D eigenvalue weighted by Crippen LogP contribution is 2.45. The smallest absolute Gasteiger partial charge is 0.198 e. The maximum Gasteiger partial charge on any atom is 0.198 e. The van der Waals surface area contributed by atoms with Gasteiger partial charge in [0.05, 0.1) is 0 Å². The van der Waals surface area contributed by atoms with E-state index in [4.69, 9.17) is 0 Å². The van der Waals surface area contributed by atoms with Gasteiger partial charge in [-0.05, 0) is 128 Å². The van der Waals surface area contributed by atoms with Crippen LogP contribution in [0.3, 0.4) is 0 Å². The summed E-state index contributed by atoms with van der Waals surface area (Å²) < 4.78 is 0. The highest BCUT2D eigenvalue weighted by Gasteiger charge is 2.42. The molecule has 55 heavy (non-hydrogen) atoms. The topological polar surface area (TPSA) is 15.3 Å². The van der Waals surface area contributed by atoms with Crippen LogP contribution in [0.4, 0.5) is 28.4 Å². The number of nitrogens with one attached hydrogen (secondary N) is 1. The molecule has 8 aromatic carbocycles. The van der Waals surface area contributed by atoms with Crippen LogP contribution in [0.25, 0.3) is 44.2 Å². The molecule has 10 rings (SSSR count). The van der Waals surface area contributed by atoms with Crippen LogP contribution in [0, 0.1) is 20.8 Å². The van der Waals surface area contributed by atoms with Crippen molar-refractivity contribution in [2.45, 2.75) is 33.9 Å². The number of aryl methyl sites for hydroxylation is 2. The Morgan fingerprint density at radius 2 is 1.25 bits per heavy atom. The van der Waals surface area contributed by atoms with E-state index in [1.807, 2.05) is 0 Å². The minimum absolute atomic E-state index is 0.873. The summed E-state index contributed by atoms with van der Waals surface area (Å²) in [6, 6.07) is 58.7. The lowest BCUT2D eigenvalue weighted by molar-refractivity contribution is 1.28. The van der Waals surface area contributed by atoms with Gasteiger partial charge in [0.25, 0.3) is 0 Å². The summed E-state index contributed by atoms with van der Waals surface area (Å²) >= 11 is 0. The molecule has 0 bridgehead atoms. The van der Waals surface area contributed by atoms with Crippen LogP contribution in [0.5, 0.6) is 0 Å². The molecule has 0 aliphatic carbocycles. The number of hydrogen-bond acceptors (Lipinski definition) is 2. The first kappa shape index (κ1) is 33.5. The van der Waals surface area contributed by atoms with Crippen molar-refractivity contribution in [1.29, 1.82) is 0 Å².